The summed E-state index contributed by atoms with van der Waals surface area (Å²) in [6.45, 7) is 0. The summed E-state index contributed by atoms with van der Waals surface area (Å²) in [7, 11) is 3.64. The Balaban J connectivity index is 1.80. The van der Waals surface area contributed by atoms with Crippen molar-refractivity contribution in [2.45, 2.75) is 0 Å². The maximum absolute atomic E-state index is 13.7. The zero-order valence-corrected chi connectivity index (χ0v) is 19.5. The van der Waals surface area contributed by atoms with Crippen LogP contribution in [0.2, 0.25) is 0 Å². The van der Waals surface area contributed by atoms with Gasteiger partial charge in [-0.15, -0.1) is 0 Å². The zero-order valence-electron chi connectivity index (χ0n) is 19.5. The number of nitrogens with zero attached hydrogens (tertiary/aromatic N) is 2. The average Bonchev–Trinajstić information content (AvgIpc) is 2.92. The summed E-state index contributed by atoms with van der Waals surface area (Å²) in [5, 5.41) is 2.99. The first-order valence-electron chi connectivity index (χ1n) is 11.6. The Morgan fingerprint density at radius 1 is 0.417 bits per heavy atom. The van der Waals surface area contributed by atoms with Gasteiger partial charge in [-0.05, 0) is 24.3 Å². The number of rotatable bonds is 0. The normalized spacial score (nSPS) is 12.1. The van der Waals surface area contributed by atoms with Gasteiger partial charge in [0.1, 0.15) is 0 Å². The molecule has 0 N–H and O–H groups in total. The van der Waals surface area contributed by atoms with E-state index in [-0.39, 0.29) is 21.7 Å². The fraction of sp³-hybridized carbons (Fsp3) is 0.0667. The van der Waals surface area contributed by atoms with Gasteiger partial charge in [0.15, 0.2) is 21.7 Å². The first kappa shape index (κ1) is 20.5. The van der Waals surface area contributed by atoms with Gasteiger partial charge in [-0.25, -0.2) is 0 Å². The van der Waals surface area contributed by atoms with Gasteiger partial charge in [-0.3, -0.25) is 19.2 Å². The topological polar surface area (TPSA) is 78.1 Å². The van der Waals surface area contributed by atoms with Gasteiger partial charge in [0.25, 0.3) is 0 Å². The van der Waals surface area contributed by atoms with Crippen LogP contribution in [-0.4, -0.2) is 9.13 Å². The third kappa shape index (κ3) is 2.35. The van der Waals surface area contributed by atoms with E-state index >= 15 is 0 Å². The maximum Gasteiger partial charge on any atom is 0.196 e. The van der Waals surface area contributed by atoms with Crippen LogP contribution in [0.15, 0.2) is 92.0 Å². The van der Waals surface area contributed by atoms with E-state index in [1.54, 1.807) is 72.8 Å². The SMILES string of the molecule is Cn1c2ccc3c(=O)c4ccccc4c(=O)c3c2n(C)c2ccc3c(=O)c4ccccc4c(=O)c3c21. The molecule has 6 nitrogen and oxygen atoms in total. The molecule has 0 unspecified atom stereocenters. The van der Waals surface area contributed by atoms with E-state index in [4.69, 9.17) is 0 Å². The average molecular weight is 470 g/mol. The van der Waals surface area contributed by atoms with Crippen molar-refractivity contribution in [2.24, 2.45) is 14.1 Å². The highest BCUT2D eigenvalue weighted by Crippen LogP contribution is 2.30. The number of aryl methyl sites for hydroxylation is 2. The van der Waals surface area contributed by atoms with Crippen LogP contribution in [0.3, 0.4) is 0 Å². The summed E-state index contributed by atoms with van der Waals surface area (Å²) in [5.41, 5.74) is 1.77. The van der Waals surface area contributed by atoms with E-state index in [9.17, 15) is 19.2 Å². The van der Waals surface area contributed by atoms with Crippen LogP contribution in [-0.2, 0) is 14.1 Å². The van der Waals surface area contributed by atoms with Crippen molar-refractivity contribution in [3.05, 3.63) is 114 Å². The Labute approximate surface area is 202 Å². The Morgan fingerprint density at radius 2 is 0.750 bits per heavy atom. The molecule has 0 aliphatic carbocycles. The summed E-state index contributed by atoms with van der Waals surface area (Å²) in [4.78, 5) is 53.9. The molecule has 172 valence electrons. The fourth-order valence-electron chi connectivity index (χ4n) is 5.78. The summed E-state index contributed by atoms with van der Waals surface area (Å²) in [6.07, 6.45) is 0. The lowest BCUT2D eigenvalue weighted by atomic mass is 9.99. The lowest BCUT2D eigenvalue weighted by Gasteiger charge is -2.19. The first-order chi connectivity index (χ1) is 17.4. The van der Waals surface area contributed by atoms with Crippen LogP contribution in [0.5, 0.6) is 0 Å². The van der Waals surface area contributed by atoms with Crippen molar-refractivity contribution >= 4 is 65.2 Å². The molecule has 6 heteroatoms. The molecule has 0 atom stereocenters. The molecular formula is C30H18N2O4. The number of aromatic nitrogens is 2. The Kier molecular flexibility index (Phi) is 3.91. The van der Waals surface area contributed by atoms with Crippen LogP contribution in [0.4, 0.5) is 0 Å². The minimum absolute atomic E-state index is 0.187. The number of fused-ring (bicyclic) bond motifs is 8. The molecule has 6 aromatic carbocycles. The van der Waals surface area contributed by atoms with Gasteiger partial charge >= 0.3 is 0 Å². The Bertz CT molecular complexity index is 2200. The van der Waals surface area contributed by atoms with E-state index in [0.29, 0.717) is 65.2 Å². The third-order valence-corrected chi connectivity index (χ3v) is 7.48. The second-order valence-electron chi connectivity index (χ2n) is 9.24. The maximum atomic E-state index is 13.7. The minimum Gasteiger partial charge on any atom is -0.341 e. The summed E-state index contributed by atoms with van der Waals surface area (Å²) in [6, 6.07) is 20.7. The highest BCUT2D eigenvalue weighted by molar-refractivity contribution is 6.15. The number of hydrogen-bond acceptors (Lipinski definition) is 4. The molecule has 0 radical (unpaired) electrons. The second kappa shape index (κ2) is 6.86. The van der Waals surface area contributed by atoms with Crippen LogP contribution in [0, 0.1) is 0 Å². The summed E-state index contributed by atoms with van der Waals surface area (Å²) in [5.74, 6) is 0. The van der Waals surface area contributed by atoms with Gasteiger partial charge in [0, 0.05) is 46.4 Å². The molecule has 1 heterocycles. The molecular weight excluding hydrogens is 452 g/mol. The predicted molar refractivity (Wildman–Crippen MR) is 146 cm³/mol. The van der Waals surface area contributed by atoms with E-state index in [0.717, 1.165) is 0 Å². The van der Waals surface area contributed by atoms with Crippen molar-refractivity contribution in [3.63, 3.8) is 0 Å². The summed E-state index contributed by atoms with van der Waals surface area (Å²) >= 11 is 0. The van der Waals surface area contributed by atoms with Crippen molar-refractivity contribution in [1.29, 1.82) is 0 Å². The minimum atomic E-state index is -0.209. The number of benzene rings is 6. The van der Waals surface area contributed by atoms with E-state index < -0.39 is 0 Å². The third-order valence-electron chi connectivity index (χ3n) is 7.48. The molecule has 0 aliphatic rings. The van der Waals surface area contributed by atoms with E-state index in [2.05, 4.69) is 0 Å². The molecule has 36 heavy (non-hydrogen) atoms. The lowest BCUT2D eigenvalue weighted by molar-refractivity contribution is 0.943. The second-order valence-corrected chi connectivity index (χ2v) is 9.24. The molecule has 1 aromatic heterocycles. The Hall–Kier alpha value is -4.84. The lowest BCUT2D eigenvalue weighted by Crippen LogP contribution is -2.18. The van der Waals surface area contributed by atoms with Gasteiger partial charge in [-0.2, -0.15) is 0 Å². The summed E-state index contributed by atoms with van der Waals surface area (Å²) < 4.78 is 3.70. The molecule has 0 bridgehead atoms. The highest BCUT2D eigenvalue weighted by atomic mass is 16.1. The van der Waals surface area contributed by atoms with Gasteiger partial charge in [0.05, 0.1) is 32.8 Å². The molecule has 7 rings (SSSR count). The smallest absolute Gasteiger partial charge is 0.196 e. The van der Waals surface area contributed by atoms with Crippen LogP contribution < -0.4 is 21.7 Å². The van der Waals surface area contributed by atoms with Crippen molar-refractivity contribution in [3.8, 4) is 0 Å². The van der Waals surface area contributed by atoms with Gasteiger partial charge in [0.2, 0.25) is 0 Å². The van der Waals surface area contributed by atoms with Gasteiger partial charge in [-0.1, -0.05) is 48.5 Å². The van der Waals surface area contributed by atoms with Gasteiger partial charge < -0.3 is 9.13 Å². The molecule has 0 aliphatic heterocycles. The molecule has 0 saturated heterocycles. The molecule has 0 fully saturated rings. The monoisotopic (exact) mass is 470 g/mol. The van der Waals surface area contributed by atoms with Crippen LogP contribution in [0.25, 0.3) is 65.2 Å². The standard InChI is InChI=1S/C30H18N2O4/c1-31-21-13-11-20-24(30(36)18-10-6-4-8-16(18)28(20)34)26(21)32(2)22-14-12-19-23(25(22)31)29(35)17-9-5-3-7-15(17)27(19)33/h3-14H,1-2H3. The first-order valence-corrected chi connectivity index (χ1v) is 11.6. The van der Waals surface area contributed by atoms with E-state index in [1.165, 1.54) is 0 Å². The largest absolute Gasteiger partial charge is 0.341 e. The van der Waals surface area contributed by atoms with Crippen molar-refractivity contribution in [1.82, 2.24) is 9.13 Å². The molecule has 0 spiro atoms. The van der Waals surface area contributed by atoms with Crippen molar-refractivity contribution in [2.75, 3.05) is 0 Å². The number of hydrogen-bond donors (Lipinski definition) is 0. The molecule has 0 amide bonds. The van der Waals surface area contributed by atoms with Crippen molar-refractivity contribution < 1.29 is 0 Å². The molecule has 7 aromatic rings. The fourth-order valence-corrected chi connectivity index (χ4v) is 5.78. The van der Waals surface area contributed by atoms with Crippen LogP contribution >= 0.6 is 0 Å². The zero-order chi connectivity index (χ0) is 24.9. The quantitative estimate of drug-likeness (QED) is 0.246. The van der Waals surface area contributed by atoms with E-state index in [1.807, 2.05) is 23.2 Å². The highest BCUT2D eigenvalue weighted by Gasteiger charge is 2.20. The van der Waals surface area contributed by atoms with Crippen LogP contribution in [0.1, 0.15) is 0 Å². The predicted octanol–water partition coefficient (Wildman–Crippen LogP) is 4.16. The Morgan fingerprint density at radius 3 is 1.11 bits per heavy atom. The molecule has 0 saturated carbocycles.